The quantitative estimate of drug-likeness (QED) is 0.528. The Hall–Kier alpha value is 0.269. The Kier molecular flexibility index (Phi) is 9.57. The van der Waals surface area contributed by atoms with Crippen molar-refractivity contribution in [1.82, 2.24) is 0 Å². The van der Waals surface area contributed by atoms with E-state index >= 15 is 0 Å². The molecule has 0 aromatic rings. The number of hydrogen-bond acceptors (Lipinski definition) is 2. The molecule has 0 rings (SSSR count). The monoisotopic (exact) mass is 278 g/mol. The van der Waals surface area contributed by atoms with Crippen LogP contribution in [0.5, 0.6) is 0 Å². The molecule has 70 valence electrons. The summed E-state index contributed by atoms with van der Waals surface area (Å²) in [4.78, 5) is 11.0. The van der Waals surface area contributed by atoms with Gasteiger partial charge in [0.2, 0.25) is 0 Å². The van der Waals surface area contributed by atoms with Gasteiger partial charge in [-0.25, -0.2) is 0 Å². The molecule has 0 heterocycles. The molecule has 0 N–H and O–H groups in total. The molecule has 0 saturated heterocycles. The minimum atomic E-state index is -0.824. The second-order valence-electron chi connectivity index (χ2n) is 2.77. The van der Waals surface area contributed by atoms with Crippen molar-refractivity contribution >= 4 is 25.1 Å². The van der Waals surface area contributed by atoms with Crippen molar-refractivity contribution in [2.75, 3.05) is 6.61 Å². The van der Waals surface area contributed by atoms with Crippen molar-refractivity contribution in [2.24, 2.45) is 0 Å². The van der Waals surface area contributed by atoms with Crippen LogP contribution in [-0.4, -0.2) is 31.7 Å². The Morgan fingerprint density at radius 2 is 1.92 bits per heavy atom. The summed E-state index contributed by atoms with van der Waals surface area (Å²) in [5.74, 6) is 0. The third-order valence-electron chi connectivity index (χ3n) is 1.53. The van der Waals surface area contributed by atoms with Gasteiger partial charge >= 0.3 is 85.2 Å². The molecule has 2 nitrogen and oxygen atoms in total. The maximum atomic E-state index is 11.0. The zero-order chi connectivity index (χ0) is 9.23. The molecular formula is C9H18O2Sn. The Morgan fingerprint density at radius 3 is 2.50 bits per heavy atom. The minimum absolute atomic E-state index is 0.139. The molecule has 2 radical (unpaired) electrons. The normalized spacial score (nSPS) is 9.83. The van der Waals surface area contributed by atoms with Crippen LogP contribution in [0, 0.1) is 0 Å². The molecule has 0 aromatic heterocycles. The van der Waals surface area contributed by atoms with Crippen LogP contribution in [0.2, 0.25) is 4.44 Å². The standard InChI is InChI=1S/C5H9O2.C4H9.Sn/c1-2-3-4-7-5-6;1-3-4-2;/h2-4H2,1H3;1,3-4H2,2H3;. The summed E-state index contributed by atoms with van der Waals surface area (Å²) in [5, 5.41) is 0. The fraction of sp³-hybridized carbons (Fsp3) is 0.889. The second kappa shape index (κ2) is 9.36. The van der Waals surface area contributed by atoms with Gasteiger partial charge in [-0.3, -0.25) is 0 Å². The Labute approximate surface area is 85.3 Å². The van der Waals surface area contributed by atoms with E-state index in [1.54, 1.807) is 0 Å². The summed E-state index contributed by atoms with van der Waals surface area (Å²) in [5.41, 5.74) is 0. The average molecular weight is 277 g/mol. The third kappa shape index (κ3) is 8.37. The van der Waals surface area contributed by atoms with Crippen molar-refractivity contribution < 1.29 is 9.53 Å². The molecular weight excluding hydrogens is 259 g/mol. The van der Waals surface area contributed by atoms with Gasteiger partial charge in [0.25, 0.3) is 0 Å². The summed E-state index contributed by atoms with van der Waals surface area (Å²) in [7, 11) is 0. The topological polar surface area (TPSA) is 26.3 Å². The number of carbonyl (C=O) groups is 1. The fourth-order valence-corrected chi connectivity index (χ4v) is 3.41. The van der Waals surface area contributed by atoms with Gasteiger partial charge in [0.1, 0.15) is 0 Å². The summed E-state index contributed by atoms with van der Waals surface area (Å²) < 4.78 is 6.35. The van der Waals surface area contributed by atoms with Crippen molar-refractivity contribution in [3.05, 3.63) is 0 Å². The Balaban J connectivity index is 3.10. The SMILES string of the molecule is CCCCO[C](=O)[Sn][CH2]CCC. The van der Waals surface area contributed by atoms with Crippen molar-refractivity contribution in [1.29, 1.82) is 0 Å². The van der Waals surface area contributed by atoms with Crippen LogP contribution in [0.15, 0.2) is 0 Å². The number of hydrogen-bond donors (Lipinski definition) is 0. The van der Waals surface area contributed by atoms with Gasteiger partial charge in [0.15, 0.2) is 0 Å². The molecule has 0 atom stereocenters. The van der Waals surface area contributed by atoms with E-state index in [9.17, 15) is 4.79 Å². The number of carbonyl (C=O) groups excluding carboxylic acids is 1. The summed E-state index contributed by atoms with van der Waals surface area (Å²) in [6.45, 7) is 4.90. The van der Waals surface area contributed by atoms with Crippen LogP contribution in [0.3, 0.4) is 0 Å². The first-order chi connectivity index (χ1) is 5.81. The molecule has 0 unspecified atom stereocenters. The molecule has 0 amide bonds. The number of unbranched alkanes of at least 4 members (excludes halogenated alkanes) is 2. The predicted octanol–water partition coefficient (Wildman–Crippen LogP) is 2.85. The molecule has 0 aliphatic heterocycles. The van der Waals surface area contributed by atoms with Gasteiger partial charge in [0, 0.05) is 0 Å². The number of ether oxygens (including phenoxy) is 1. The van der Waals surface area contributed by atoms with E-state index in [4.69, 9.17) is 4.74 Å². The van der Waals surface area contributed by atoms with E-state index < -0.39 is 21.1 Å². The first kappa shape index (κ1) is 12.3. The average Bonchev–Trinajstić information content (AvgIpc) is 2.06. The number of rotatable bonds is 7. The van der Waals surface area contributed by atoms with E-state index in [1.807, 2.05) is 0 Å². The third-order valence-corrected chi connectivity index (χ3v) is 4.49. The van der Waals surface area contributed by atoms with Crippen molar-refractivity contribution in [3.8, 4) is 0 Å². The van der Waals surface area contributed by atoms with Gasteiger partial charge in [-0.2, -0.15) is 0 Å². The van der Waals surface area contributed by atoms with E-state index in [1.165, 1.54) is 12.8 Å². The van der Waals surface area contributed by atoms with Gasteiger partial charge < -0.3 is 0 Å². The van der Waals surface area contributed by atoms with Gasteiger partial charge in [-0.1, -0.05) is 0 Å². The first-order valence-corrected chi connectivity index (χ1v) is 8.16. The molecule has 0 aromatic carbocycles. The van der Waals surface area contributed by atoms with Crippen molar-refractivity contribution in [3.63, 3.8) is 0 Å². The Morgan fingerprint density at radius 1 is 1.25 bits per heavy atom. The predicted molar refractivity (Wildman–Crippen MR) is 51.7 cm³/mol. The summed E-state index contributed by atoms with van der Waals surface area (Å²) >= 11 is -0.824. The molecule has 0 spiro atoms. The molecule has 3 heteroatoms. The van der Waals surface area contributed by atoms with Crippen LogP contribution in [0.1, 0.15) is 39.5 Å². The van der Waals surface area contributed by atoms with Gasteiger partial charge in [-0.15, -0.1) is 0 Å². The second-order valence-corrected chi connectivity index (χ2v) is 6.37. The molecule has 0 aliphatic carbocycles. The van der Waals surface area contributed by atoms with Crippen LogP contribution < -0.4 is 0 Å². The molecule has 0 aliphatic rings. The molecule has 0 saturated carbocycles. The first-order valence-electron chi connectivity index (χ1n) is 4.71. The van der Waals surface area contributed by atoms with E-state index in [0.717, 1.165) is 17.3 Å². The van der Waals surface area contributed by atoms with Crippen LogP contribution in [-0.2, 0) is 4.74 Å². The van der Waals surface area contributed by atoms with Gasteiger partial charge in [0.05, 0.1) is 0 Å². The Bertz CT molecular complexity index is 103. The summed E-state index contributed by atoms with van der Waals surface area (Å²) in [6.07, 6.45) is 4.52. The van der Waals surface area contributed by atoms with Crippen LogP contribution >= 0.6 is 0 Å². The summed E-state index contributed by atoms with van der Waals surface area (Å²) in [6, 6.07) is 0. The molecule has 0 bridgehead atoms. The van der Waals surface area contributed by atoms with Crippen LogP contribution in [0.4, 0.5) is 4.79 Å². The van der Waals surface area contributed by atoms with E-state index in [2.05, 4.69) is 13.8 Å². The van der Waals surface area contributed by atoms with Gasteiger partial charge in [-0.05, 0) is 0 Å². The van der Waals surface area contributed by atoms with Crippen LogP contribution in [0.25, 0.3) is 0 Å². The molecule has 0 fully saturated rings. The zero-order valence-electron chi connectivity index (χ0n) is 8.06. The maximum absolute atomic E-state index is 11.0. The van der Waals surface area contributed by atoms with E-state index in [-0.39, 0.29) is 3.99 Å². The van der Waals surface area contributed by atoms with Crippen molar-refractivity contribution in [2.45, 2.75) is 44.0 Å². The van der Waals surface area contributed by atoms with E-state index in [0.29, 0.717) is 6.61 Å². The molecule has 12 heavy (non-hydrogen) atoms. The fourth-order valence-electron chi connectivity index (χ4n) is 0.727. The zero-order valence-corrected chi connectivity index (χ0v) is 10.9.